The predicted molar refractivity (Wildman–Crippen MR) is 109 cm³/mol. The number of benzene rings is 2. The van der Waals surface area contributed by atoms with Crippen molar-refractivity contribution in [2.24, 2.45) is 0 Å². The Morgan fingerprint density at radius 1 is 0.852 bits per heavy atom. The molecule has 1 saturated heterocycles. The number of nitrogens with zero attached hydrogens (tertiary/aromatic N) is 1. The first-order valence-electron chi connectivity index (χ1n) is 8.78. The van der Waals surface area contributed by atoms with Crippen LogP contribution in [0.5, 0.6) is 17.2 Å². The summed E-state index contributed by atoms with van der Waals surface area (Å²) in [5, 5.41) is 4.47. The molecule has 1 heterocycles. The van der Waals surface area contributed by atoms with E-state index in [-0.39, 0.29) is 6.04 Å². The van der Waals surface area contributed by atoms with Gasteiger partial charge in [0.2, 0.25) is 0 Å². The molecule has 0 radical (unpaired) electrons. The van der Waals surface area contributed by atoms with Crippen LogP contribution in [0, 0.1) is 0 Å². The number of halogens is 2. The molecule has 0 bridgehead atoms. The van der Waals surface area contributed by atoms with Gasteiger partial charge in [-0.15, -0.1) is 0 Å². The predicted octanol–water partition coefficient (Wildman–Crippen LogP) is 4.01. The molecule has 1 fully saturated rings. The SMILES string of the molecule is COc1cc(OC)c(C(c2ccc(Cl)c(Cl)c2)N2CCNCC2)cc1OC. The maximum atomic E-state index is 6.33. The molecule has 0 aromatic heterocycles. The lowest BCUT2D eigenvalue weighted by molar-refractivity contribution is 0.195. The van der Waals surface area contributed by atoms with E-state index >= 15 is 0 Å². The van der Waals surface area contributed by atoms with Crippen LogP contribution in [0.3, 0.4) is 0 Å². The minimum atomic E-state index is -0.0448. The van der Waals surface area contributed by atoms with E-state index in [1.54, 1.807) is 21.3 Å². The Bertz CT molecular complexity index is 795. The van der Waals surface area contributed by atoms with Gasteiger partial charge in [0, 0.05) is 37.8 Å². The van der Waals surface area contributed by atoms with Crippen molar-refractivity contribution in [1.29, 1.82) is 0 Å². The fraction of sp³-hybridized carbons (Fsp3) is 0.400. The number of methoxy groups -OCH3 is 3. The lowest BCUT2D eigenvalue weighted by Crippen LogP contribution is -2.45. The van der Waals surface area contributed by atoms with Crippen LogP contribution >= 0.6 is 23.2 Å². The average molecular weight is 411 g/mol. The van der Waals surface area contributed by atoms with Gasteiger partial charge in [-0.2, -0.15) is 0 Å². The largest absolute Gasteiger partial charge is 0.496 e. The summed E-state index contributed by atoms with van der Waals surface area (Å²) in [6.45, 7) is 3.66. The van der Waals surface area contributed by atoms with Crippen LogP contribution in [0.2, 0.25) is 10.0 Å². The molecular formula is C20H24Cl2N2O3. The van der Waals surface area contributed by atoms with E-state index in [9.17, 15) is 0 Å². The highest BCUT2D eigenvalue weighted by atomic mass is 35.5. The Labute approximate surface area is 170 Å². The summed E-state index contributed by atoms with van der Waals surface area (Å²) in [5.41, 5.74) is 2.05. The Hall–Kier alpha value is -1.66. The number of hydrogen-bond acceptors (Lipinski definition) is 5. The van der Waals surface area contributed by atoms with E-state index in [4.69, 9.17) is 37.4 Å². The van der Waals surface area contributed by atoms with Gasteiger partial charge >= 0.3 is 0 Å². The number of piperazine rings is 1. The van der Waals surface area contributed by atoms with Crippen molar-refractivity contribution in [3.63, 3.8) is 0 Å². The normalized spacial score (nSPS) is 16.0. The molecule has 146 valence electrons. The molecule has 2 aromatic rings. The number of nitrogens with one attached hydrogen (secondary N) is 1. The molecule has 1 N–H and O–H groups in total. The van der Waals surface area contributed by atoms with Gasteiger partial charge in [-0.1, -0.05) is 29.3 Å². The summed E-state index contributed by atoms with van der Waals surface area (Å²) in [6.07, 6.45) is 0. The minimum Gasteiger partial charge on any atom is -0.496 e. The fourth-order valence-corrected chi connectivity index (χ4v) is 3.78. The maximum Gasteiger partial charge on any atom is 0.164 e. The highest BCUT2D eigenvalue weighted by Crippen LogP contribution is 2.42. The second-order valence-corrected chi connectivity index (χ2v) is 7.13. The quantitative estimate of drug-likeness (QED) is 0.778. The Balaban J connectivity index is 2.16. The van der Waals surface area contributed by atoms with Gasteiger partial charge in [0.1, 0.15) is 5.75 Å². The van der Waals surface area contributed by atoms with Crippen LogP contribution in [0.25, 0.3) is 0 Å². The Morgan fingerprint density at radius 3 is 2.07 bits per heavy atom. The molecule has 1 aliphatic heterocycles. The summed E-state index contributed by atoms with van der Waals surface area (Å²) in [4.78, 5) is 2.40. The highest BCUT2D eigenvalue weighted by molar-refractivity contribution is 6.42. The third-order valence-electron chi connectivity index (χ3n) is 4.81. The zero-order chi connectivity index (χ0) is 19.4. The Morgan fingerprint density at radius 2 is 1.48 bits per heavy atom. The van der Waals surface area contributed by atoms with Crippen molar-refractivity contribution >= 4 is 23.2 Å². The molecule has 2 aromatic carbocycles. The third kappa shape index (κ3) is 4.27. The summed E-state index contributed by atoms with van der Waals surface area (Å²) in [6, 6.07) is 9.57. The van der Waals surface area contributed by atoms with Crippen molar-refractivity contribution in [2.75, 3.05) is 47.5 Å². The molecule has 3 rings (SSSR count). The Kier molecular flexibility index (Phi) is 6.71. The second-order valence-electron chi connectivity index (χ2n) is 6.31. The first-order valence-corrected chi connectivity index (χ1v) is 9.54. The molecular weight excluding hydrogens is 387 g/mol. The van der Waals surface area contributed by atoms with E-state index in [2.05, 4.69) is 10.2 Å². The lowest BCUT2D eigenvalue weighted by Gasteiger charge is -2.36. The fourth-order valence-electron chi connectivity index (χ4n) is 3.48. The van der Waals surface area contributed by atoms with E-state index in [1.165, 1.54) is 0 Å². The van der Waals surface area contributed by atoms with Gasteiger partial charge in [0.15, 0.2) is 11.5 Å². The highest BCUT2D eigenvalue weighted by Gasteiger charge is 2.28. The minimum absolute atomic E-state index is 0.0448. The number of ether oxygens (including phenoxy) is 3. The molecule has 0 amide bonds. The van der Waals surface area contributed by atoms with Crippen LogP contribution in [-0.2, 0) is 0 Å². The summed E-state index contributed by atoms with van der Waals surface area (Å²) in [5.74, 6) is 2.03. The van der Waals surface area contributed by atoms with Crippen LogP contribution in [0.4, 0.5) is 0 Å². The van der Waals surface area contributed by atoms with Crippen molar-refractivity contribution in [3.8, 4) is 17.2 Å². The zero-order valence-electron chi connectivity index (χ0n) is 15.7. The van der Waals surface area contributed by atoms with Crippen LogP contribution in [0.15, 0.2) is 30.3 Å². The standard InChI is InChI=1S/C20H24Cl2N2O3/c1-25-17-12-19(27-3)18(26-2)11-14(17)20(24-8-6-23-7-9-24)13-4-5-15(21)16(22)10-13/h4-5,10-12,20,23H,6-9H2,1-3H3. The van der Waals surface area contributed by atoms with Gasteiger partial charge in [-0.25, -0.2) is 0 Å². The molecule has 1 atom stereocenters. The lowest BCUT2D eigenvalue weighted by atomic mass is 9.95. The second kappa shape index (κ2) is 9.02. The molecule has 0 aliphatic carbocycles. The molecule has 27 heavy (non-hydrogen) atoms. The summed E-state index contributed by atoms with van der Waals surface area (Å²) in [7, 11) is 4.91. The van der Waals surface area contributed by atoms with Gasteiger partial charge in [0.05, 0.1) is 37.4 Å². The topological polar surface area (TPSA) is 43.0 Å². The van der Waals surface area contributed by atoms with Gasteiger partial charge in [-0.05, 0) is 23.8 Å². The molecule has 5 nitrogen and oxygen atoms in total. The van der Waals surface area contributed by atoms with Gasteiger partial charge < -0.3 is 19.5 Å². The van der Waals surface area contributed by atoms with Crippen molar-refractivity contribution < 1.29 is 14.2 Å². The summed E-state index contributed by atoms with van der Waals surface area (Å²) >= 11 is 12.5. The van der Waals surface area contributed by atoms with E-state index < -0.39 is 0 Å². The van der Waals surface area contributed by atoms with Gasteiger partial charge in [-0.3, -0.25) is 4.90 Å². The zero-order valence-corrected chi connectivity index (χ0v) is 17.2. The molecule has 0 saturated carbocycles. The van der Waals surface area contributed by atoms with Crippen LogP contribution in [0.1, 0.15) is 17.2 Å². The first kappa shape index (κ1) is 20.1. The van der Waals surface area contributed by atoms with Crippen molar-refractivity contribution in [2.45, 2.75) is 6.04 Å². The molecule has 7 heteroatoms. The number of hydrogen-bond donors (Lipinski definition) is 1. The van der Waals surface area contributed by atoms with Crippen molar-refractivity contribution in [3.05, 3.63) is 51.5 Å². The van der Waals surface area contributed by atoms with Crippen LogP contribution in [-0.4, -0.2) is 52.4 Å². The van der Waals surface area contributed by atoms with Crippen molar-refractivity contribution in [1.82, 2.24) is 10.2 Å². The average Bonchev–Trinajstić information content (AvgIpc) is 2.71. The van der Waals surface area contributed by atoms with E-state index in [0.29, 0.717) is 21.5 Å². The molecule has 1 unspecified atom stereocenters. The van der Waals surface area contributed by atoms with Gasteiger partial charge in [0.25, 0.3) is 0 Å². The third-order valence-corrected chi connectivity index (χ3v) is 5.55. The van der Waals surface area contributed by atoms with E-state index in [1.807, 2.05) is 30.3 Å². The maximum absolute atomic E-state index is 6.33. The monoisotopic (exact) mass is 410 g/mol. The summed E-state index contributed by atoms with van der Waals surface area (Å²) < 4.78 is 16.7. The number of rotatable bonds is 6. The first-order chi connectivity index (χ1) is 13.1. The smallest absolute Gasteiger partial charge is 0.164 e. The van der Waals surface area contributed by atoms with E-state index in [0.717, 1.165) is 43.1 Å². The molecule has 0 spiro atoms. The molecule has 1 aliphatic rings. The van der Waals surface area contributed by atoms with Crippen LogP contribution < -0.4 is 19.5 Å².